The van der Waals surface area contributed by atoms with Gasteiger partial charge in [0.1, 0.15) is 12.0 Å². The third kappa shape index (κ3) is 5.49. The van der Waals surface area contributed by atoms with E-state index in [-0.39, 0.29) is 5.78 Å². The second kappa shape index (κ2) is 10.7. The number of methoxy groups -OCH3 is 1. The fourth-order valence-corrected chi connectivity index (χ4v) is 3.57. The van der Waals surface area contributed by atoms with Crippen LogP contribution in [-0.4, -0.2) is 43.2 Å². The highest BCUT2D eigenvalue weighted by atomic mass is 16.6. The molecule has 0 aromatic heterocycles. The monoisotopic (exact) mass is 427 g/mol. The Bertz CT molecular complexity index is 892. The molecule has 0 saturated carbocycles. The SMILES string of the molecule is C=CO[C@@]12CCO[C@@H]1[C@@H](C(=O)/C(C)=C/C=C/C=C/C(C)=C/C(=C\C)C(=O)OC)C(=O)N2. The van der Waals surface area contributed by atoms with Gasteiger partial charge in [-0.3, -0.25) is 9.59 Å². The molecule has 0 bridgehead atoms. The summed E-state index contributed by atoms with van der Waals surface area (Å²) in [5.74, 6) is -2.06. The van der Waals surface area contributed by atoms with Gasteiger partial charge in [-0.05, 0) is 32.4 Å². The largest absolute Gasteiger partial charge is 0.473 e. The lowest BCUT2D eigenvalue weighted by Crippen LogP contribution is -2.47. The maximum atomic E-state index is 12.9. The van der Waals surface area contributed by atoms with Gasteiger partial charge in [-0.2, -0.15) is 0 Å². The van der Waals surface area contributed by atoms with Gasteiger partial charge in [0.05, 0.1) is 25.6 Å². The number of ether oxygens (including phenoxy) is 3. The van der Waals surface area contributed by atoms with Crippen LogP contribution in [0.5, 0.6) is 0 Å². The predicted molar refractivity (Wildman–Crippen MR) is 117 cm³/mol. The van der Waals surface area contributed by atoms with E-state index in [1.54, 1.807) is 50.3 Å². The molecule has 166 valence electrons. The number of fused-ring (bicyclic) bond motifs is 1. The molecule has 0 unspecified atom stereocenters. The molecule has 7 heteroatoms. The quantitative estimate of drug-likeness (QED) is 0.200. The summed E-state index contributed by atoms with van der Waals surface area (Å²) in [6, 6.07) is 0. The van der Waals surface area contributed by atoms with Gasteiger partial charge in [-0.15, -0.1) is 0 Å². The molecule has 0 radical (unpaired) electrons. The molecule has 2 saturated heterocycles. The molecule has 2 aliphatic rings. The number of ketones is 1. The normalized spacial score (nSPS) is 26.8. The van der Waals surface area contributed by atoms with Gasteiger partial charge in [0.25, 0.3) is 0 Å². The van der Waals surface area contributed by atoms with Gasteiger partial charge in [0.2, 0.25) is 11.6 Å². The topological polar surface area (TPSA) is 90.9 Å². The van der Waals surface area contributed by atoms with Crippen LogP contribution in [0.4, 0.5) is 0 Å². The van der Waals surface area contributed by atoms with E-state index in [2.05, 4.69) is 11.9 Å². The molecule has 2 heterocycles. The Kier molecular flexibility index (Phi) is 8.33. The van der Waals surface area contributed by atoms with E-state index in [0.29, 0.717) is 24.2 Å². The molecule has 1 N–H and O–H groups in total. The Morgan fingerprint density at radius 1 is 1.26 bits per heavy atom. The van der Waals surface area contributed by atoms with E-state index in [1.165, 1.54) is 13.4 Å². The highest BCUT2D eigenvalue weighted by Crippen LogP contribution is 2.39. The molecule has 0 aromatic rings. The van der Waals surface area contributed by atoms with Crippen molar-refractivity contribution in [1.82, 2.24) is 5.32 Å². The first-order valence-electron chi connectivity index (χ1n) is 10.0. The van der Waals surface area contributed by atoms with Crippen molar-refractivity contribution < 1.29 is 28.6 Å². The third-order valence-electron chi connectivity index (χ3n) is 5.16. The highest BCUT2D eigenvalue weighted by Gasteiger charge is 2.61. The maximum absolute atomic E-state index is 12.9. The van der Waals surface area contributed by atoms with Crippen LogP contribution < -0.4 is 5.32 Å². The van der Waals surface area contributed by atoms with Gasteiger partial charge in [0.15, 0.2) is 5.78 Å². The summed E-state index contributed by atoms with van der Waals surface area (Å²) < 4.78 is 15.9. The fourth-order valence-electron chi connectivity index (χ4n) is 3.57. The van der Waals surface area contributed by atoms with Crippen LogP contribution in [0.15, 0.2) is 72.1 Å². The molecule has 1 amide bonds. The molecule has 31 heavy (non-hydrogen) atoms. The number of carbonyl (C=O) groups is 3. The Hall–Kier alpha value is -3.19. The van der Waals surface area contributed by atoms with Crippen molar-refractivity contribution >= 4 is 17.7 Å². The van der Waals surface area contributed by atoms with Gasteiger partial charge < -0.3 is 19.5 Å². The van der Waals surface area contributed by atoms with Crippen molar-refractivity contribution in [2.45, 2.75) is 39.0 Å². The van der Waals surface area contributed by atoms with E-state index in [0.717, 1.165) is 5.57 Å². The number of Topliss-reactive ketones (excluding diaryl/α,β-unsaturated/α-hetero) is 1. The van der Waals surface area contributed by atoms with E-state index in [4.69, 9.17) is 14.2 Å². The van der Waals surface area contributed by atoms with Crippen molar-refractivity contribution in [2.75, 3.05) is 13.7 Å². The lowest BCUT2D eigenvalue weighted by Gasteiger charge is -2.27. The average molecular weight is 427 g/mol. The van der Waals surface area contributed by atoms with Crippen LogP contribution in [0.1, 0.15) is 27.2 Å². The number of hydrogen-bond donors (Lipinski definition) is 1. The molecular formula is C24H29NO6. The molecule has 7 nitrogen and oxygen atoms in total. The first kappa shape index (κ1) is 24.1. The fraction of sp³-hybridized carbons (Fsp3) is 0.375. The standard InChI is InChI=1S/C24H29NO6/c1-6-18(23(28)29-5)15-16(3)11-9-8-10-12-17(4)20(26)19-21-24(31-7-2,13-14-30-21)25-22(19)27/h6-12,15,19,21H,2,13-14H2,1,3-5H3,(H,25,27)/b10-8+,11-9+,16-15+,17-12+,18-6+/t19-,21-,24+/m1/s1. The summed E-state index contributed by atoms with van der Waals surface area (Å²) in [5, 5.41) is 2.76. The Morgan fingerprint density at radius 3 is 2.65 bits per heavy atom. The number of esters is 1. The zero-order valence-electron chi connectivity index (χ0n) is 18.3. The molecule has 3 atom stereocenters. The maximum Gasteiger partial charge on any atom is 0.337 e. The number of nitrogens with one attached hydrogen (secondary N) is 1. The first-order chi connectivity index (χ1) is 14.8. The zero-order valence-corrected chi connectivity index (χ0v) is 18.3. The number of amides is 1. The van der Waals surface area contributed by atoms with Crippen LogP contribution in [0.2, 0.25) is 0 Å². The van der Waals surface area contributed by atoms with Crippen molar-refractivity contribution in [1.29, 1.82) is 0 Å². The Morgan fingerprint density at radius 2 is 2.00 bits per heavy atom. The zero-order chi connectivity index (χ0) is 23.0. The molecule has 0 spiro atoms. The van der Waals surface area contributed by atoms with E-state index < -0.39 is 29.6 Å². The lowest BCUT2D eigenvalue weighted by atomic mass is 9.91. The summed E-state index contributed by atoms with van der Waals surface area (Å²) in [5.41, 5.74) is 0.747. The van der Waals surface area contributed by atoms with Crippen LogP contribution in [0.25, 0.3) is 0 Å². The van der Waals surface area contributed by atoms with E-state index in [1.807, 2.05) is 13.0 Å². The second-order valence-electron chi connectivity index (χ2n) is 7.26. The van der Waals surface area contributed by atoms with Crippen molar-refractivity contribution in [3.05, 3.63) is 72.1 Å². The lowest BCUT2D eigenvalue weighted by molar-refractivity contribution is -0.136. The minimum absolute atomic E-state index is 0.306. The third-order valence-corrected chi connectivity index (χ3v) is 5.16. The van der Waals surface area contributed by atoms with Crippen molar-refractivity contribution in [2.24, 2.45) is 5.92 Å². The summed E-state index contributed by atoms with van der Waals surface area (Å²) in [7, 11) is 1.34. The minimum atomic E-state index is -1.02. The summed E-state index contributed by atoms with van der Waals surface area (Å²) in [6.07, 6.45) is 13.2. The molecular weight excluding hydrogens is 398 g/mol. The minimum Gasteiger partial charge on any atom is -0.473 e. The summed E-state index contributed by atoms with van der Waals surface area (Å²) >= 11 is 0. The number of rotatable bonds is 9. The van der Waals surface area contributed by atoms with Gasteiger partial charge >= 0.3 is 5.97 Å². The second-order valence-corrected chi connectivity index (χ2v) is 7.26. The first-order valence-corrected chi connectivity index (χ1v) is 10.0. The Labute approximate surface area is 182 Å². The molecule has 2 aliphatic heterocycles. The number of carbonyl (C=O) groups excluding carboxylic acids is 3. The van der Waals surface area contributed by atoms with Gasteiger partial charge in [-0.25, -0.2) is 4.79 Å². The average Bonchev–Trinajstić information content (AvgIpc) is 3.25. The predicted octanol–water partition coefficient (Wildman–Crippen LogP) is 3.07. The number of hydrogen-bond acceptors (Lipinski definition) is 6. The smallest absolute Gasteiger partial charge is 0.337 e. The van der Waals surface area contributed by atoms with Crippen molar-refractivity contribution in [3.8, 4) is 0 Å². The van der Waals surface area contributed by atoms with Gasteiger partial charge in [0, 0.05) is 6.42 Å². The van der Waals surface area contributed by atoms with E-state index in [9.17, 15) is 14.4 Å². The highest BCUT2D eigenvalue weighted by molar-refractivity contribution is 6.11. The summed E-state index contributed by atoms with van der Waals surface area (Å²) in [6.45, 7) is 9.22. The van der Waals surface area contributed by atoms with Crippen LogP contribution >= 0.6 is 0 Å². The number of allylic oxidation sites excluding steroid dienone is 8. The molecule has 2 rings (SSSR count). The van der Waals surface area contributed by atoms with Crippen LogP contribution in [0.3, 0.4) is 0 Å². The van der Waals surface area contributed by atoms with Crippen LogP contribution in [-0.2, 0) is 28.6 Å². The molecule has 0 aliphatic carbocycles. The van der Waals surface area contributed by atoms with Crippen molar-refractivity contribution in [3.63, 3.8) is 0 Å². The summed E-state index contributed by atoms with van der Waals surface area (Å²) in [4.78, 5) is 36.9. The molecule has 2 fully saturated rings. The Balaban J connectivity index is 2.03. The van der Waals surface area contributed by atoms with E-state index >= 15 is 0 Å². The molecule has 0 aromatic carbocycles. The van der Waals surface area contributed by atoms with Gasteiger partial charge in [-0.1, -0.05) is 48.6 Å². The van der Waals surface area contributed by atoms with Crippen LogP contribution in [0, 0.1) is 5.92 Å².